The van der Waals surface area contributed by atoms with Gasteiger partial charge in [-0.15, -0.1) is 0 Å². The minimum atomic E-state index is -0.448. The molecule has 1 saturated heterocycles. The Balaban J connectivity index is 1.74. The van der Waals surface area contributed by atoms with Crippen LogP contribution in [-0.4, -0.2) is 21.5 Å². The van der Waals surface area contributed by atoms with Crippen molar-refractivity contribution in [1.82, 2.24) is 9.88 Å². The number of thiocarbonyl (C=S) groups is 1. The lowest BCUT2D eigenvalue weighted by Gasteiger charge is -2.30. The van der Waals surface area contributed by atoms with Gasteiger partial charge in [0.05, 0.1) is 5.69 Å². The van der Waals surface area contributed by atoms with E-state index in [2.05, 4.69) is 29.8 Å². The van der Waals surface area contributed by atoms with Crippen LogP contribution in [0.2, 0.25) is 0 Å². The molecule has 2 aliphatic rings. The molecule has 0 radical (unpaired) electrons. The maximum atomic E-state index is 13.4. The van der Waals surface area contributed by atoms with Gasteiger partial charge in [0.1, 0.15) is 5.57 Å². The van der Waals surface area contributed by atoms with Gasteiger partial charge >= 0.3 is 0 Å². The number of benzene rings is 1. The van der Waals surface area contributed by atoms with Gasteiger partial charge < -0.3 is 4.57 Å². The summed E-state index contributed by atoms with van der Waals surface area (Å²) in [5, 5.41) is 2.81. The first-order chi connectivity index (χ1) is 14.3. The SMILES string of the molecule is Cc1ccc(N2C(=O)/C(=C/c3cc(C)n(C4CCCC4)c3C)C(=O)NC2=S)c(C)c1. The second kappa shape index (κ2) is 7.84. The number of hydrogen-bond donors (Lipinski definition) is 1. The first-order valence-electron chi connectivity index (χ1n) is 10.4. The zero-order chi connectivity index (χ0) is 21.6. The Kier molecular flexibility index (Phi) is 5.36. The molecule has 0 spiro atoms. The topological polar surface area (TPSA) is 54.3 Å². The summed E-state index contributed by atoms with van der Waals surface area (Å²) in [4.78, 5) is 27.4. The van der Waals surface area contributed by atoms with E-state index in [1.54, 1.807) is 6.08 Å². The molecule has 0 unspecified atom stereocenters. The molecule has 1 aromatic heterocycles. The third-order valence-electron chi connectivity index (χ3n) is 6.21. The van der Waals surface area contributed by atoms with Crippen molar-refractivity contribution in [1.29, 1.82) is 0 Å². The van der Waals surface area contributed by atoms with Crippen molar-refractivity contribution in [2.24, 2.45) is 0 Å². The summed E-state index contributed by atoms with van der Waals surface area (Å²) in [6, 6.07) is 8.38. The highest BCUT2D eigenvalue weighted by molar-refractivity contribution is 7.80. The summed E-state index contributed by atoms with van der Waals surface area (Å²) in [5.74, 6) is -0.835. The lowest BCUT2D eigenvalue weighted by atomic mass is 10.0. The van der Waals surface area contributed by atoms with Gasteiger partial charge in [-0.2, -0.15) is 0 Å². The lowest BCUT2D eigenvalue weighted by molar-refractivity contribution is -0.122. The van der Waals surface area contributed by atoms with E-state index in [1.807, 2.05) is 32.0 Å². The molecule has 1 aromatic carbocycles. The number of carbonyl (C=O) groups is 2. The second-order valence-electron chi connectivity index (χ2n) is 8.38. The molecular weight excluding hydrogens is 394 g/mol. The van der Waals surface area contributed by atoms with Crippen LogP contribution >= 0.6 is 12.2 Å². The largest absolute Gasteiger partial charge is 0.346 e. The lowest BCUT2D eigenvalue weighted by Crippen LogP contribution is -2.54. The van der Waals surface area contributed by atoms with Crippen LogP contribution in [0.3, 0.4) is 0 Å². The Bertz CT molecular complexity index is 1090. The molecule has 0 atom stereocenters. The summed E-state index contributed by atoms with van der Waals surface area (Å²) in [6.45, 7) is 8.09. The van der Waals surface area contributed by atoms with Gasteiger partial charge in [0.15, 0.2) is 5.11 Å². The van der Waals surface area contributed by atoms with Crippen LogP contribution in [0.5, 0.6) is 0 Å². The molecule has 1 aliphatic carbocycles. The van der Waals surface area contributed by atoms with Gasteiger partial charge in [0, 0.05) is 17.4 Å². The zero-order valence-corrected chi connectivity index (χ0v) is 18.7. The molecule has 0 bridgehead atoms. The van der Waals surface area contributed by atoms with Crippen LogP contribution in [-0.2, 0) is 9.59 Å². The molecule has 2 amide bonds. The number of anilines is 1. The van der Waals surface area contributed by atoms with Crippen molar-refractivity contribution in [3.8, 4) is 0 Å². The van der Waals surface area contributed by atoms with Crippen molar-refractivity contribution >= 4 is 40.9 Å². The number of nitrogens with one attached hydrogen (secondary N) is 1. The van der Waals surface area contributed by atoms with E-state index in [4.69, 9.17) is 12.2 Å². The zero-order valence-electron chi connectivity index (χ0n) is 17.9. The van der Waals surface area contributed by atoms with Crippen molar-refractivity contribution in [3.05, 3.63) is 57.9 Å². The third kappa shape index (κ3) is 3.49. The number of hydrogen-bond acceptors (Lipinski definition) is 3. The van der Waals surface area contributed by atoms with E-state index in [9.17, 15) is 9.59 Å². The van der Waals surface area contributed by atoms with Crippen molar-refractivity contribution < 1.29 is 9.59 Å². The minimum Gasteiger partial charge on any atom is -0.346 e. The van der Waals surface area contributed by atoms with E-state index in [1.165, 1.54) is 30.6 Å². The molecule has 4 rings (SSSR count). The Hall–Kier alpha value is -2.73. The number of aromatic nitrogens is 1. The quantitative estimate of drug-likeness (QED) is 0.445. The van der Waals surface area contributed by atoms with E-state index in [-0.39, 0.29) is 16.6 Å². The summed E-state index contributed by atoms with van der Waals surface area (Å²) < 4.78 is 2.36. The Morgan fingerprint density at radius 3 is 2.43 bits per heavy atom. The van der Waals surface area contributed by atoms with Gasteiger partial charge in [-0.25, -0.2) is 0 Å². The van der Waals surface area contributed by atoms with E-state index >= 15 is 0 Å². The fourth-order valence-corrected chi connectivity index (χ4v) is 5.04. The molecule has 1 N–H and O–H groups in total. The molecule has 2 heterocycles. The van der Waals surface area contributed by atoms with Crippen LogP contribution in [0.15, 0.2) is 29.8 Å². The van der Waals surface area contributed by atoms with Gasteiger partial charge in [-0.05, 0) is 82.1 Å². The van der Waals surface area contributed by atoms with Crippen LogP contribution in [0.25, 0.3) is 6.08 Å². The van der Waals surface area contributed by atoms with Crippen molar-refractivity contribution in [3.63, 3.8) is 0 Å². The van der Waals surface area contributed by atoms with Crippen LogP contribution < -0.4 is 10.2 Å². The minimum absolute atomic E-state index is 0.107. The predicted molar refractivity (Wildman–Crippen MR) is 124 cm³/mol. The van der Waals surface area contributed by atoms with Gasteiger partial charge in [0.25, 0.3) is 11.8 Å². The van der Waals surface area contributed by atoms with Crippen molar-refractivity contribution in [2.45, 2.75) is 59.4 Å². The highest BCUT2D eigenvalue weighted by Gasteiger charge is 2.35. The van der Waals surface area contributed by atoms with Gasteiger partial charge in [0.2, 0.25) is 0 Å². The Morgan fingerprint density at radius 2 is 1.77 bits per heavy atom. The van der Waals surface area contributed by atoms with Crippen LogP contribution in [0, 0.1) is 27.7 Å². The highest BCUT2D eigenvalue weighted by atomic mass is 32.1. The molecule has 1 aliphatic heterocycles. The van der Waals surface area contributed by atoms with E-state index < -0.39 is 5.91 Å². The molecule has 156 valence electrons. The summed E-state index contributed by atoms with van der Waals surface area (Å²) in [5.41, 5.74) is 6.00. The molecule has 30 heavy (non-hydrogen) atoms. The van der Waals surface area contributed by atoms with Gasteiger partial charge in [-0.1, -0.05) is 30.5 Å². The number of amides is 2. The highest BCUT2D eigenvalue weighted by Crippen LogP contribution is 2.34. The summed E-state index contributed by atoms with van der Waals surface area (Å²) >= 11 is 5.34. The summed E-state index contributed by atoms with van der Waals surface area (Å²) in [7, 11) is 0. The standard InChI is InChI=1S/C24H27N3O2S/c1-14-9-10-21(15(2)11-14)27-23(29)20(22(28)25-24(27)30)13-18-12-16(3)26(17(18)4)19-7-5-6-8-19/h9-13,19H,5-8H2,1-4H3,(H,25,28,30)/b20-13+. The predicted octanol–water partition coefficient (Wildman–Crippen LogP) is 4.67. The van der Waals surface area contributed by atoms with Crippen LogP contribution in [0.4, 0.5) is 5.69 Å². The monoisotopic (exact) mass is 421 g/mol. The molecule has 6 heteroatoms. The maximum absolute atomic E-state index is 13.4. The maximum Gasteiger partial charge on any atom is 0.270 e. The number of aryl methyl sites for hydroxylation is 3. The average Bonchev–Trinajstić information content (AvgIpc) is 3.28. The Labute approximate surface area is 182 Å². The third-order valence-corrected chi connectivity index (χ3v) is 6.49. The molecule has 5 nitrogen and oxygen atoms in total. The van der Waals surface area contributed by atoms with E-state index in [0.717, 1.165) is 28.1 Å². The first kappa shape index (κ1) is 20.5. The number of nitrogens with zero attached hydrogens (tertiary/aromatic N) is 2. The fraction of sp³-hybridized carbons (Fsp3) is 0.375. The fourth-order valence-electron chi connectivity index (χ4n) is 4.76. The van der Waals surface area contributed by atoms with Crippen molar-refractivity contribution in [2.75, 3.05) is 4.90 Å². The average molecular weight is 422 g/mol. The number of carbonyl (C=O) groups excluding carboxylic acids is 2. The van der Waals surface area contributed by atoms with E-state index in [0.29, 0.717) is 11.7 Å². The molecule has 2 aromatic rings. The number of rotatable bonds is 3. The van der Waals surface area contributed by atoms with Gasteiger partial charge in [-0.3, -0.25) is 19.8 Å². The normalized spacial score (nSPS) is 19.1. The van der Waals surface area contributed by atoms with Crippen LogP contribution in [0.1, 0.15) is 59.8 Å². The molecule has 2 fully saturated rings. The smallest absolute Gasteiger partial charge is 0.270 e. The second-order valence-corrected chi connectivity index (χ2v) is 8.77. The molecular formula is C24H27N3O2S. The summed E-state index contributed by atoms with van der Waals surface area (Å²) in [6.07, 6.45) is 6.58. The Morgan fingerprint density at radius 1 is 1.07 bits per heavy atom. The molecule has 1 saturated carbocycles. The first-order valence-corrected chi connectivity index (χ1v) is 10.9.